The second kappa shape index (κ2) is 9.44. The van der Waals surface area contributed by atoms with E-state index in [9.17, 15) is 9.59 Å². The summed E-state index contributed by atoms with van der Waals surface area (Å²) in [5.74, 6) is 1.03. The summed E-state index contributed by atoms with van der Waals surface area (Å²) in [6.45, 7) is 7.27. The summed E-state index contributed by atoms with van der Waals surface area (Å²) in [4.78, 5) is 25.4. The van der Waals surface area contributed by atoms with Gasteiger partial charge in [-0.3, -0.25) is 0 Å². The van der Waals surface area contributed by atoms with E-state index in [1.807, 2.05) is 60.7 Å². The Morgan fingerprint density at radius 1 is 0.743 bits per heavy atom. The van der Waals surface area contributed by atoms with Gasteiger partial charge in [0, 0.05) is 0 Å². The largest absolute Gasteiger partial charge is 0.459 e. The summed E-state index contributed by atoms with van der Waals surface area (Å²) < 4.78 is 12.0. The fourth-order valence-corrected chi connectivity index (χ4v) is 7.80. The first-order valence-corrected chi connectivity index (χ1v) is 13.3. The fourth-order valence-electron chi connectivity index (χ4n) is 7.80. The van der Waals surface area contributed by atoms with Crippen LogP contribution in [0.25, 0.3) is 0 Å². The fraction of sp³-hybridized carbons (Fsp3) is 0.548. The third kappa shape index (κ3) is 4.30. The molecule has 3 aliphatic carbocycles. The molecule has 0 N–H and O–H groups in total. The van der Waals surface area contributed by atoms with Crippen LogP contribution in [0.5, 0.6) is 0 Å². The average Bonchev–Trinajstić information content (AvgIpc) is 2.88. The molecule has 2 aromatic rings. The van der Waals surface area contributed by atoms with E-state index in [0.717, 1.165) is 44.9 Å². The van der Waals surface area contributed by atoms with Crippen LogP contribution in [-0.4, -0.2) is 24.1 Å². The number of rotatable bonds is 4. The van der Waals surface area contributed by atoms with Crippen LogP contribution < -0.4 is 0 Å². The first-order chi connectivity index (χ1) is 16.8. The van der Waals surface area contributed by atoms with Crippen molar-refractivity contribution < 1.29 is 19.1 Å². The number of hydrogen-bond donors (Lipinski definition) is 0. The highest BCUT2D eigenvalue weighted by Crippen LogP contribution is 2.67. The van der Waals surface area contributed by atoms with Crippen molar-refractivity contribution in [1.82, 2.24) is 0 Å². The van der Waals surface area contributed by atoms with Gasteiger partial charge in [-0.15, -0.1) is 0 Å². The number of carbonyl (C=O) groups is 2. The molecular weight excluding hydrogens is 436 g/mol. The monoisotopic (exact) mass is 474 g/mol. The van der Waals surface area contributed by atoms with Gasteiger partial charge >= 0.3 is 11.9 Å². The van der Waals surface area contributed by atoms with Crippen molar-refractivity contribution in [3.05, 3.63) is 71.8 Å². The Kier molecular flexibility index (Phi) is 6.50. The third-order valence-corrected chi connectivity index (χ3v) is 10.1. The van der Waals surface area contributed by atoms with E-state index in [4.69, 9.17) is 9.47 Å². The van der Waals surface area contributed by atoms with Gasteiger partial charge in [0.15, 0.2) is 0 Å². The number of esters is 2. The zero-order valence-electron chi connectivity index (χ0n) is 21.2. The van der Waals surface area contributed by atoms with Crippen LogP contribution in [0.2, 0.25) is 0 Å². The molecule has 0 spiro atoms. The van der Waals surface area contributed by atoms with Gasteiger partial charge < -0.3 is 9.47 Å². The van der Waals surface area contributed by atoms with Crippen LogP contribution in [-0.2, 0) is 9.47 Å². The molecule has 0 radical (unpaired) electrons. The topological polar surface area (TPSA) is 52.6 Å². The predicted octanol–water partition coefficient (Wildman–Crippen LogP) is 7.09. The predicted molar refractivity (Wildman–Crippen MR) is 136 cm³/mol. The molecule has 5 rings (SSSR count). The molecule has 0 aromatic heterocycles. The van der Waals surface area contributed by atoms with Gasteiger partial charge in [-0.2, -0.15) is 0 Å². The molecule has 35 heavy (non-hydrogen) atoms. The molecule has 0 aliphatic heterocycles. The van der Waals surface area contributed by atoms with Gasteiger partial charge in [-0.25, -0.2) is 9.59 Å². The summed E-state index contributed by atoms with van der Waals surface area (Å²) in [5.41, 5.74) is 1.69. The van der Waals surface area contributed by atoms with Crippen molar-refractivity contribution in [2.24, 2.45) is 28.6 Å². The zero-order valence-corrected chi connectivity index (χ0v) is 21.2. The van der Waals surface area contributed by atoms with Gasteiger partial charge in [-0.05, 0) is 97.8 Å². The second-order valence-electron chi connectivity index (χ2n) is 11.6. The van der Waals surface area contributed by atoms with Gasteiger partial charge in [0.05, 0.1) is 11.1 Å². The average molecular weight is 475 g/mol. The van der Waals surface area contributed by atoms with E-state index in [1.54, 1.807) is 0 Å². The number of hydrogen-bond acceptors (Lipinski definition) is 4. The number of carbonyl (C=O) groups excluding carboxylic acids is 2. The molecule has 4 heteroatoms. The SMILES string of the molecule is C[C@H]1[C@@H](OC(=O)c2ccccc2)CC[C@]2(C)[C@@H]1CC[C@@H]1C[C@H](OC(=O)c3ccccc3)CC[C@@]12C. The molecule has 0 heterocycles. The Hall–Kier alpha value is -2.62. The molecule has 3 saturated carbocycles. The van der Waals surface area contributed by atoms with E-state index in [-0.39, 0.29) is 35.0 Å². The molecule has 2 aromatic carbocycles. The maximum Gasteiger partial charge on any atom is 0.338 e. The Morgan fingerprint density at radius 2 is 1.31 bits per heavy atom. The maximum atomic E-state index is 12.8. The van der Waals surface area contributed by atoms with Crippen LogP contribution in [0, 0.1) is 28.6 Å². The lowest BCUT2D eigenvalue weighted by Gasteiger charge is -2.65. The molecule has 0 amide bonds. The van der Waals surface area contributed by atoms with Gasteiger partial charge in [0.1, 0.15) is 12.2 Å². The van der Waals surface area contributed by atoms with Crippen molar-refractivity contribution in [3.8, 4) is 0 Å². The Morgan fingerprint density at radius 3 is 1.94 bits per heavy atom. The van der Waals surface area contributed by atoms with Crippen LogP contribution in [0.15, 0.2) is 60.7 Å². The van der Waals surface area contributed by atoms with Crippen molar-refractivity contribution in [1.29, 1.82) is 0 Å². The molecule has 4 nitrogen and oxygen atoms in total. The van der Waals surface area contributed by atoms with E-state index >= 15 is 0 Å². The van der Waals surface area contributed by atoms with Crippen molar-refractivity contribution >= 4 is 11.9 Å². The third-order valence-electron chi connectivity index (χ3n) is 10.1. The van der Waals surface area contributed by atoms with E-state index in [0.29, 0.717) is 28.9 Å². The standard InChI is InChI=1S/C31H38O4/c1-21-26-15-14-24-20-25(34-28(32)22-10-6-4-7-11-22)16-18-30(24,2)31(26,3)19-17-27(21)35-29(33)23-12-8-5-9-13-23/h4-13,21,24-27H,14-20H2,1-3H3/t21-,24-,25-,26-,27+,30+,31-/m1/s1. The normalized spacial score (nSPS) is 36.4. The maximum absolute atomic E-state index is 12.8. The smallest absolute Gasteiger partial charge is 0.338 e. The molecule has 3 aliphatic rings. The minimum absolute atomic E-state index is 0.00141. The molecule has 0 unspecified atom stereocenters. The lowest BCUT2D eigenvalue weighted by atomic mass is 9.41. The number of ether oxygens (including phenoxy) is 2. The van der Waals surface area contributed by atoms with Crippen LogP contribution in [0.3, 0.4) is 0 Å². The number of benzene rings is 2. The zero-order chi connectivity index (χ0) is 24.6. The first kappa shape index (κ1) is 24.1. The number of fused-ring (bicyclic) bond motifs is 3. The summed E-state index contributed by atoms with van der Waals surface area (Å²) in [7, 11) is 0. The van der Waals surface area contributed by atoms with Gasteiger partial charge in [0.25, 0.3) is 0 Å². The Labute approximate surface area is 209 Å². The summed E-state index contributed by atoms with van der Waals surface area (Å²) in [6.07, 6.45) is 7.24. The Balaban J connectivity index is 1.25. The summed E-state index contributed by atoms with van der Waals surface area (Å²) in [5, 5.41) is 0. The van der Waals surface area contributed by atoms with Gasteiger partial charge in [0.2, 0.25) is 0 Å². The first-order valence-electron chi connectivity index (χ1n) is 13.3. The quantitative estimate of drug-likeness (QED) is 0.444. The highest BCUT2D eigenvalue weighted by Gasteiger charge is 2.61. The van der Waals surface area contributed by atoms with E-state index in [1.165, 1.54) is 0 Å². The summed E-state index contributed by atoms with van der Waals surface area (Å²) >= 11 is 0. The van der Waals surface area contributed by atoms with Crippen LogP contribution in [0.1, 0.15) is 86.4 Å². The van der Waals surface area contributed by atoms with E-state index in [2.05, 4.69) is 20.8 Å². The molecular formula is C31H38O4. The van der Waals surface area contributed by atoms with E-state index < -0.39 is 0 Å². The minimum atomic E-state index is -0.202. The van der Waals surface area contributed by atoms with Gasteiger partial charge in [-0.1, -0.05) is 57.2 Å². The lowest BCUT2D eigenvalue weighted by Crippen LogP contribution is -2.59. The van der Waals surface area contributed by atoms with Crippen molar-refractivity contribution in [2.75, 3.05) is 0 Å². The molecule has 3 fully saturated rings. The highest BCUT2D eigenvalue weighted by atomic mass is 16.5. The van der Waals surface area contributed by atoms with Crippen LogP contribution >= 0.6 is 0 Å². The summed E-state index contributed by atoms with van der Waals surface area (Å²) in [6, 6.07) is 18.7. The van der Waals surface area contributed by atoms with Crippen molar-refractivity contribution in [3.63, 3.8) is 0 Å². The van der Waals surface area contributed by atoms with Crippen molar-refractivity contribution in [2.45, 2.75) is 77.9 Å². The molecule has 0 bridgehead atoms. The second-order valence-corrected chi connectivity index (χ2v) is 11.6. The Bertz CT molecular complexity index is 1050. The highest BCUT2D eigenvalue weighted by molar-refractivity contribution is 5.89. The molecule has 0 saturated heterocycles. The minimum Gasteiger partial charge on any atom is -0.459 e. The molecule has 7 atom stereocenters. The molecule has 186 valence electrons. The van der Waals surface area contributed by atoms with Crippen LogP contribution in [0.4, 0.5) is 0 Å². The lowest BCUT2D eigenvalue weighted by molar-refractivity contribution is -0.178.